The lowest BCUT2D eigenvalue weighted by Crippen LogP contribution is -2.55. The number of hydrogen-bond acceptors (Lipinski definition) is 7. The van der Waals surface area contributed by atoms with Gasteiger partial charge in [-0.25, -0.2) is 13.8 Å². The summed E-state index contributed by atoms with van der Waals surface area (Å²) in [6, 6.07) is 5.64. The van der Waals surface area contributed by atoms with Gasteiger partial charge >= 0.3 is 6.36 Å². The normalized spacial score (nSPS) is 15.7. The van der Waals surface area contributed by atoms with Crippen molar-refractivity contribution in [2.45, 2.75) is 19.2 Å². The summed E-state index contributed by atoms with van der Waals surface area (Å²) in [7, 11) is 0. The number of aliphatic hydroxyl groups is 1. The van der Waals surface area contributed by atoms with Crippen LogP contribution in [0.5, 0.6) is 5.75 Å². The molecule has 2 heterocycles. The summed E-state index contributed by atoms with van der Waals surface area (Å²) in [5, 5.41) is 11.0. The smallest absolute Gasteiger partial charge is 0.491 e. The first-order valence-corrected chi connectivity index (χ1v) is 12.8. The Morgan fingerprint density at radius 2 is 1.73 bits per heavy atom. The van der Waals surface area contributed by atoms with Crippen molar-refractivity contribution in [2.24, 2.45) is 0 Å². The first kappa shape index (κ1) is 30.9. The van der Waals surface area contributed by atoms with E-state index in [0.717, 1.165) is 29.0 Å². The number of hydrazine groups is 1. The second-order valence-electron chi connectivity index (χ2n) is 9.11. The molecule has 1 saturated heterocycles. The fourth-order valence-electron chi connectivity index (χ4n) is 4.15. The monoisotopic (exact) mass is 624 g/mol. The number of piperazine rings is 1. The highest BCUT2D eigenvalue weighted by Crippen LogP contribution is 2.24. The van der Waals surface area contributed by atoms with E-state index in [2.05, 4.69) is 10.2 Å². The van der Waals surface area contributed by atoms with Gasteiger partial charge in [-0.1, -0.05) is 23.2 Å². The molecule has 1 atom stereocenters. The molecule has 9 nitrogen and oxygen atoms in total. The molecule has 0 radical (unpaired) electrons. The summed E-state index contributed by atoms with van der Waals surface area (Å²) in [5.74, 6) is -2.33. The molecule has 41 heavy (non-hydrogen) atoms. The predicted molar refractivity (Wildman–Crippen MR) is 139 cm³/mol. The minimum atomic E-state index is -5.01. The zero-order valence-corrected chi connectivity index (χ0v) is 22.6. The predicted octanol–water partition coefficient (Wildman–Crippen LogP) is 3.78. The van der Waals surface area contributed by atoms with E-state index in [4.69, 9.17) is 27.9 Å². The molecule has 1 fully saturated rings. The number of aromatic nitrogens is 1. The van der Waals surface area contributed by atoms with Gasteiger partial charge in [0.05, 0.1) is 15.6 Å². The van der Waals surface area contributed by atoms with E-state index >= 15 is 0 Å². The molecule has 3 aromatic rings. The van der Waals surface area contributed by atoms with E-state index in [1.54, 1.807) is 0 Å². The number of carbonyl (C=O) groups is 1. The second-order valence-corrected chi connectivity index (χ2v) is 9.93. The number of amides is 1. The Labute approximate surface area is 239 Å². The van der Waals surface area contributed by atoms with Crippen molar-refractivity contribution in [3.63, 3.8) is 0 Å². The molecule has 1 aliphatic rings. The molecule has 0 aliphatic carbocycles. The van der Waals surface area contributed by atoms with Crippen LogP contribution in [0.4, 0.5) is 22.0 Å². The zero-order valence-electron chi connectivity index (χ0n) is 21.1. The van der Waals surface area contributed by atoms with E-state index in [0.29, 0.717) is 13.1 Å². The quantitative estimate of drug-likeness (QED) is 0.350. The molecule has 1 amide bonds. The molecular weight excluding hydrogens is 602 g/mol. The number of alkyl halides is 3. The van der Waals surface area contributed by atoms with Gasteiger partial charge in [0.25, 0.3) is 5.91 Å². The van der Waals surface area contributed by atoms with Crippen LogP contribution in [0.3, 0.4) is 0 Å². The molecule has 2 aromatic carbocycles. The minimum absolute atomic E-state index is 0.0524. The molecule has 0 bridgehead atoms. The van der Waals surface area contributed by atoms with Crippen LogP contribution in [-0.4, -0.2) is 77.3 Å². The number of nitrogens with zero attached hydrogens (tertiary/aromatic N) is 3. The zero-order chi connectivity index (χ0) is 29.9. The molecule has 0 saturated carbocycles. The maximum atomic E-state index is 14.1. The Morgan fingerprint density at radius 1 is 1.05 bits per heavy atom. The van der Waals surface area contributed by atoms with E-state index in [1.165, 1.54) is 17.1 Å². The lowest BCUT2D eigenvalue weighted by molar-refractivity contribution is -0.337. The van der Waals surface area contributed by atoms with Crippen LogP contribution in [0.2, 0.25) is 10.0 Å². The highest BCUT2D eigenvalue weighted by Gasteiger charge is 2.30. The van der Waals surface area contributed by atoms with Gasteiger partial charge in [-0.3, -0.25) is 24.7 Å². The van der Waals surface area contributed by atoms with Gasteiger partial charge in [-0.2, -0.15) is 0 Å². The van der Waals surface area contributed by atoms with Gasteiger partial charge < -0.3 is 14.4 Å². The van der Waals surface area contributed by atoms with Crippen LogP contribution in [0.1, 0.15) is 10.4 Å². The molecular formula is C25H23Cl2F5N4O5. The minimum Gasteiger partial charge on any atom is -0.491 e. The molecule has 222 valence electrons. The summed E-state index contributed by atoms with van der Waals surface area (Å²) >= 11 is 11.4. The maximum absolute atomic E-state index is 14.1. The van der Waals surface area contributed by atoms with Crippen LogP contribution >= 0.6 is 23.2 Å². The Morgan fingerprint density at radius 3 is 2.39 bits per heavy atom. The van der Waals surface area contributed by atoms with Crippen molar-refractivity contribution in [2.75, 3.05) is 39.3 Å². The maximum Gasteiger partial charge on any atom is 0.524 e. The van der Waals surface area contributed by atoms with Gasteiger partial charge in [0.15, 0.2) is 0 Å². The Kier molecular flexibility index (Phi) is 9.72. The standard InChI is InChI=1S/C25H23Cl2F5N4O5/c26-18-2-1-15(7-20(18)28)40-12-14(37)10-34-3-5-36(6-4-34)33-24(39)17-11-35(13-41-25(30,31)32)22-9-19(27)21(29)8-16(22)23(17)38/h1-2,7-9,11,14,37H,3-6,10,12-13H2,(H,33,39)/t14-/m1/s1. The van der Waals surface area contributed by atoms with E-state index in [-0.39, 0.29) is 47.9 Å². The van der Waals surface area contributed by atoms with Crippen LogP contribution in [0, 0.1) is 11.6 Å². The fraction of sp³-hybridized carbons (Fsp3) is 0.360. The number of hydrogen-bond donors (Lipinski definition) is 2. The number of β-amino-alcohol motifs (C(OH)–C–C–N with tert-alkyl or cyclic N) is 1. The first-order valence-electron chi connectivity index (χ1n) is 12.1. The first-order chi connectivity index (χ1) is 19.3. The number of carbonyl (C=O) groups excluding carboxylic acids is 1. The Balaban J connectivity index is 1.37. The summed E-state index contributed by atoms with van der Waals surface area (Å²) in [6.45, 7) is 0.378. The van der Waals surface area contributed by atoms with Crippen molar-refractivity contribution in [1.29, 1.82) is 0 Å². The molecule has 16 heteroatoms. The number of pyridine rings is 1. The second kappa shape index (κ2) is 12.9. The van der Waals surface area contributed by atoms with Crippen LogP contribution in [0.15, 0.2) is 41.3 Å². The van der Waals surface area contributed by atoms with Gasteiger partial charge in [0.2, 0.25) is 5.43 Å². The molecule has 0 spiro atoms. The number of benzene rings is 2. The number of aliphatic hydroxyl groups excluding tert-OH is 1. The third-order valence-corrected chi connectivity index (χ3v) is 6.76. The van der Waals surface area contributed by atoms with Crippen molar-refractivity contribution in [3.8, 4) is 5.75 Å². The topological polar surface area (TPSA) is 96.3 Å². The summed E-state index contributed by atoms with van der Waals surface area (Å²) in [5.41, 5.74) is 0.948. The Bertz CT molecular complexity index is 1480. The molecule has 2 N–H and O–H groups in total. The molecule has 1 aromatic heterocycles. The SMILES string of the molecule is O=C(NN1CCN(C[C@@H](O)COc2ccc(Cl)c(F)c2)CC1)c1cn(COC(F)(F)F)c2cc(Cl)c(F)cc2c1=O. The molecule has 0 unspecified atom stereocenters. The highest BCUT2D eigenvalue weighted by molar-refractivity contribution is 6.31. The lowest BCUT2D eigenvalue weighted by atomic mass is 10.1. The third-order valence-electron chi connectivity index (χ3n) is 6.17. The van der Waals surface area contributed by atoms with Crippen molar-refractivity contribution >= 4 is 40.0 Å². The fourth-order valence-corrected chi connectivity index (χ4v) is 4.43. The van der Waals surface area contributed by atoms with Crippen LogP contribution < -0.4 is 15.6 Å². The van der Waals surface area contributed by atoms with E-state index < -0.39 is 52.8 Å². The summed E-state index contributed by atoms with van der Waals surface area (Å²) in [4.78, 5) is 27.8. The van der Waals surface area contributed by atoms with E-state index in [9.17, 15) is 36.6 Å². The average molecular weight is 625 g/mol. The largest absolute Gasteiger partial charge is 0.524 e. The highest BCUT2D eigenvalue weighted by atomic mass is 35.5. The summed E-state index contributed by atoms with van der Waals surface area (Å²) < 4.78 is 75.7. The number of rotatable bonds is 9. The molecule has 4 rings (SSSR count). The number of halogens is 7. The van der Waals surface area contributed by atoms with Gasteiger partial charge in [-0.15, -0.1) is 13.2 Å². The van der Waals surface area contributed by atoms with Crippen molar-refractivity contribution < 1.29 is 41.3 Å². The van der Waals surface area contributed by atoms with Gasteiger partial charge in [0.1, 0.15) is 42.4 Å². The number of ether oxygens (including phenoxy) is 2. The van der Waals surface area contributed by atoms with Gasteiger partial charge in [0, 0.05) is 50.4 Å². The van der Waals surface area contributed by atoms with E-state index in [1.807, 2.05) is 4.90 Å². The molecule has 1 aliphatic heterocycles. The Hall–Kier alpha value is -3.01. The van der Waals surface area contributed by atoms with Gasteiger partial charge in [-0.05, 0) is 24.3 Å². The average Bonchev–Trinajstić information content (AvgIpc) is 2.90. The van der Waals surface area contributed by atoms with Crippen molar-refractivity contribution in [1.82, 2.24) is 19.9 Å². The lowest BCUT2D eigenvalue weighted by Gasteiger charge is -2.35. The van der Waals surface area contributed by atoms with Crippen LogP contribution in [-0.2, 0) is 11.5 Å². The number of nitrogens with one attached hydrogen (secondary N) is 1. The summed E-state index contributed by atoms with van der Waals surface area (Å²) in [6.07, 6.45) is -5.02. The number of fused-ring (bicyclic) bond motifs is 1. The van der Waals surface area contributed by atoms with Crippen LogP contribution in [0.25, 0.3) is 10.9 Å². The van der Waals surface area contributed by atoms with Crippen molar-refractivity contribution in [3.05, 3.63) is 74.0 Å². The third kappa shape index (κ3) is 8.05.